The van der Waals surface area contributed by atoms with Crippen LogP contribution in [0.4, 0.5) is 11.8 Å². The monoisotopic (exact) mass is 276 g/mol. The molecule has 4 nitrogen and oxygen atoms in total. The third kappa shape index (κ3) is 2.39. The number of fused-ring (bicyclic) bond motifs is 1. The van der Waals surface area contributed by atoms with Gasteiger partial charge in [0.15, 0.2) is 0 Å². The molecule has 2 aromatic rings. The molecule has 2 N–H and O–H groups in total. The predicted molar refractivity (Wildman–Crippen MR) is 82.1 cm³/mol. The van der Waals surface area contributed by atoms with Crippen molar-refractivity contribution in [1.29, 1.82) is 0 Å². The normalized spacial score (nSPS) is 22.9. The Balaban J connectivity index is 2.00. The fourth-order valence-corrected chi connectivity index (χ4v) is 3.68. The third-order valence-corrected chi connectivity index (χ3v) is 4.87. The van der Waals surface area contributed by atoms with Crippen molar-refractivity contribution in [2.45, 2.75) is 39.2 Å². The minimum Gasteiger partial charge on any atom is -0.366 e. The third-order valence-electron chi connectivity index (χ3n) is 3.92. The van der Waals surface area contributed by atoms with Gasteiger partial charge in [-0.1, -0.05) is 13.3 Å². The molecule has 0 aliphatic heterocycles. The Morgan fingerprint density at radius 3 is 2.84 bits per heavy atom. The SMILES string of the molecule is CNc1nc(NC2CCCC2C)c2cc(C)sc2n1. The molecule has 0 bridgehead atoms. The van der Waals surface area contributed by atoms with E-state index in [0.29, 0.717) is 12.0 Å². The highest BCUT2D eigenvalue weighted by Crippen LogP contribution is 2.33. The fourth-order valence-electron chi connectivity index (χ4n) is 2.80. The van der Waals surface area contributed by atoms with Gasteiger partial charge in [-0.2, -0.15) is 4.98 Å². The maximum Gasteiger partial charge on any atom is 0.225 e. The zero-order valence-corrected chi connectivity index (χ0v) is 12.5. The van der Waals surface area contributed by atoms with E-state index in [4.69, 9.17) is 0 Å². The molecule has 0 spiro atoms. The molecule has 3 rings (SSSR count). The second-order valence-electron chi connectivity index (χ2n) is 5.38. The molecule has 2 aromatic heterocycles. The van der Waals surface area contributed by atoms with Crippen LogP contribution in [0.2, 0.25) is 0 Å². The van der Waals surface area contributed by atoms with Crippen molar-refractivity contribution in [2.75, 3.05) is 17.7 Å². The maximum absolute atomic E-state index is 4.60. The lowest BCUT2D eigenvalue weighted by molar-refractivity contribution is 0.555. The van der Waals surface area contributed by atoms with Crippen LogP contribution in [0.5, 0.6) is 0 Å². The molecule has 0 radical (unpaired) electrons. The molecule has 1 saturated carbocycles. The highest BCUT2D eigenvalue weighted by molar-refractivity contribution is 7.18. The summed E-state index contributed by atoms with van der Waals surface area (Å²) < 4.78 is 0. The fraction of sp³-hybridized carbons (Fsp3) is 0.571. The Hall–Kier alpha value is -1.36. The molecule has 5 heteroatoms. The Morgan fingerprint density at radius 1 is 1.32 bits per heavy atom. The van der Waals surface area contributed by atoms with Crippen LogP contribution in [0, 0.1) is 12.8 Å². The van der Waals surface area contributed by atoms with Gasteiger partial charge in [-0.25, -0.2) is 4.98 Å². The molecule has 0 saturated heterocycles. The largest absolute Gasteiger partial charge is 0.366 e. The van der Waals surface area contributed by atoms with E-state index >= 15 is 0 Å². The van der Waals surface area contributed by atoms with Crippen LogP contribution in [-0.2, 0) is 0 Å². The lowest BCUT2D eigenvalue weighted by Gasteiger charge is -2.18. The van der Waals surface area contributed by atoms with Gasteiger partial charge in [0, 0.05) is 18.0 Å². The van der Waals surface area contributed by atoms with E-state index in [-0.39, 0.29) is 0 Å². The maximum atomic E-state index is 4.60. The predicted octanol–water partition coefficient (Wildman–Crippen LogP) is 3.64. The Labute approximate surface area is 117 Å². The van der Waals surface area contributed by atoms with Crippen molar-refractivity contribution in [2.24, 2.45) is 5.92 Å². The molecular formula is C14H20N4S. The first-order valence-corrected chi connectivity index (χ1v) is 7.71. The molecule has 2 heterocycles. The second kappa shape index (κ2) is 4.96. The van der Waals surface area contributed by atoms with Gasteiger partial charge in [0.1, 0.15) is 10.6 Å². The molecule has 0 aromatic carbocycles. The van der Waals surface area contributed by atoms with E-state index < -0.39 is 0 Å². The molecule has 19 heavy (non-hydrogen) atoms. The van der Waals surface area contributed by atoms with Gasteiger partial charge in [-0.3, -0.25) is 0 Å². The molecular weight excluding hydrogens is 256 g/mol. The van der Waals surface area contributed by atoms with Gasteiger partial charge in [0.25, 0.3) is 0 Å². The van der Waals surface area contributed by atoms with Gasteiger partial charge in [0.05, 0.1) is 5.39 Å². The van der Waals surface area contributed by atoms with Gasteiger partial charge >= 0.3 is 0 Å². The number of hydrogen-bond acceptors (Lipinski definition) is 5. The number of rotatable bonds is 3. The van der Waals surface area contributed by atoms with Gasteiger partial charge in [-0.05, 0) is 31.7 Å². The lowest BCUT2D eigenvalue weighted by atomic mass is 10.1. The van der Waals surface area contributed by atoms with Crippen molar-refractivity contribution in [3.05, 3.63) is 10.9 Å². The zero-order valence-electron chi connectivity index (χ0n) is 11.7. The molecule has 1 aliphatic carbocycles. The summed E-state index contributed by atoms with van der Waals surface area (Å²) in [7, 11) is 1.86. The van der Waals surface area contributed by atoms with Crippen LogP contribution in [0.25, 0.3) is 10.2 Å². The van der Waals surface area contributed by atoms with E-state index in [1.807, 2.05) is 7.05 Å². The Kier molecular flexibility index (Phi) is 3.31. The molecule has 0 amide bonds. The number of thiophene rings is 1. The first-order chi connectivity index (χ1) is 9.17. The minimum atomic E-state index is 0.544. The average molecular weight is 276 g/mol. The summed E-state index contributed by atoms with van der Waals surface area (Å²) in [6.07, 6.45) is 3.87. The smallest absolute Gasteiger partial charge is 0.225 e. The number of aryl methyl sites for hydroxylation is 1. The minimum absolute atomic E-state index is 0.544. The van der Waals surface area contributed by atoms with E-state index in [2.05, 4.69) is 40.5 Å². The summed E-state index contributed by atoms with van der Waals surface area (Å²) in [5.41, 5.74) is 0. The summed E-state index contributed by atoms with van der Waals surface area (Å²) in [6.45, 7) is 4.44. The van der Waals surface area contributed by atoms with Gasteiger partial charge < -0.3 is 10.6 Å². The number of aromatic nitrogens is 2. The van der Waals surface area contributed by atoms with Crippen LogP contribution in [-0.4, -0.2) is 23.1 Å². The van der Waals surface area contributed by atoms with Crippen molar-refractivity contribution in [1.82, 2.24) is 9.97 Å². The van der Waals surface area contributed by atoms with Crippen molar-refractivity contribution < 1.29 is 0 Å². The lowest BCUT2D eigenvalue weighted by Crippen LogP contribution is -2.22. The molecule has 1 fully saturated rings. The van der Waals surface area contributed by atoms with Gasteiger partial charge in [-0.15, -0.1) is 11.3 Å². The van der Waals surface area contributed by atoms with Crippen molar-refractivity contribution in [3.8, 4) is 0 Å². The van der Waals surface area contributed by atoms with Gasteiger partial charge in [0.2, 0.25) is 5.95 Å². The Morgan fingerprint density at radius 2 is 2.16 bits per heavy atom. The van der Waals surface area contributed by atoms with E-state index in [1.54, 1.807) is 11.3 Å². The second-order valence-corrected chi connectivity index (χ2v) is 6.62. The van der Waals surface area contributed by atoms with Crippen LogP contribution in [0.3, 0.4) is 0 Å². The van der Waals surface area contributed by atoms with E-state index in [1.165, 1.54) is 24.1 Å². The standard InChI is InChI=1S/C14H20N4S/c1-8-5-4-6-11(8)16-12-10-7-9(2)19-13(10)18-14(15-3)17-12/h7-8,11H,4-6H2,1-3H3,(H2,15,16,17,18). The molecule has 2 atom stereocenters. The number of nitrogens with zero attached hydrogens (tertiary/aromatic N) is 2. The average Bonchev–Trinajstić information content (AvgIpc) is 2.95. The van der Waals surface area contributed by atoms with E-state index in [0.717, 1.165) is 22.0 Å². The number of anilines is 2. The van der Waals surface area contributed by atoms with Crippen LogP contribution >= 0.6 is 11.3 Å². The number of hydrogen-bond donors (Lipinski definition) is 2. The van der Waals surface area contributed by atoms with Crippen LogP contribution in [0.15, 0.2) is 6.07 Å². The van der Waals surface area contributed by atoms with Crippen LogP contribution in [0.1, 0.15) is 31.1 Å². The summed E-state index contributed by atoms with van der Waals surface area (Å²) in [5, 5.41) is 7.84. The van der Waals surface area contributed by atoms with Crippen molar-refractivity contribution >= 4 is 33.3 Å². The first kappa shape index (κ1) is 12.7. The summed E-state index contributed by atoms with van der Waals surface area (Å²) in [6, 6.07) is 2.73. The topological polar surface area (TPSA) is 49.8 Å². The van der Waals surface area contributed by atoms with Crippen molar-refractivity contribution in [3.63, 3.8) is 0 Å². The molecule has 1 aliphatic rings. The molecule has 2 unspecified atom stereocenters. The quantitative estimate of drug-likeness (QED) is 0.898. The van der Waals surface area contributed by atoms with Crippen LogP contribution < -0.4 is 10.6 Å². The summed E-state index contributed by atoms with van der Waals surface area (Å²) in [5.74, 6) is 2.41. The highest BCUT2D eigenvalue weighted by Gasteiger charge is 2.24. The summed E-state index contributed by atoms with van der Waals surface area (Å²) in [4.78, 5) is 11.5. The number of nitrogens with one attached hydrogen (secondary N) is 2. The zero-order chi connectivity index (χ0) is 13.4. The molecule has 102 valence electrons. The summed E-state index contributed by atoms with van der Waals surface area (Å²) >= 11 is 1.72. The van der Waals surface area contributed by atoms with E-state index in [9.17, 15) is 0 Å². The Bertz CT molecular complexity index is 592. The highest BCUT2D eigenvalue weighted by atomic mass is 32.1. The first-order valence-electron chi connectivity index (χ1n) is 6.90.